The van der Waals surface area contributed by atoms with Crippen LogP contribution in [0.1, 0.15) is 38.0 Å². The fourth-order valence-electron chi connectivity index (χ4n) is 2.54. The Morgan fingerprint density at radius 1 is 1.57 bits per heavy atom. The normalized spacial score (nSPS) is 29.4. The maximum atomic E-state index is 10.2. The van der Waals surface area contributed by atoms with Gasteiger partial charge >= 0.3 is 0 Å². The molecule has 1 N–H and O–H groups in total. The van der Waals surface area contributed by atoms with Gasteiger partial charge in [-0.2, -0.15) is 5.10 Å². The number of hydrogen-bond donors (Lipinski definition) is 1. The number of rotatable bonds is 2. The minimum absolute atomic E-state index is 0.333. The number of nitrogens with zero attached hydrogens (tertiary/aromatic N) is 2. The highest BCUT2D eigenvalue weighted by atomic mass is 16.3. The molecule has 1 heterocycles. The van der Waals surface area contributed by atoms with Crippen LogP contribution in [0.25, 0.3) is 0 Å². The smallest absolute Gasteiger partial charge is 0.0987 e. The summed E-state index contributed by atoms with van der Waals surface area (Å²) in [5.41, 5.74) is 0.948. The van der Waals surface area contributed by atoms with Crippen LogP contribution < -0.4 is 0 Å². The van der Waals surface area contributed by atoms with E-state index >= 15 is 0 Å². The number of aryl methyl sites for hydroxylation is 1. The van der Waals surface area contributed by atoms with Crippen molar-refractivity contribution in [3.8, 4) is 0 Å². The molecule has 1 aromatic rings. The lowest BCUT2D eigenvalue weighted by atomic mass is 9.90. The molecule has 2 rings (SSSR count). The van der Waals surface area contributed by atoms with Crippen LogP contribution >= 0.6 is 0 Å². The first-order valence-electron chi connectivity index (χ1n) is 5.36. The van der Waals surface area contributed by atoms with Gasteiger partial charge in [-0.25, -0.2) is 0 Å². The van der Waals surface area contributed by atoms with E-state index in [0.29, 0.717) is 11.8 Å². The maximum absolute atomic E-state index is 10.2. The van der Waals surface area contributed by atoms with Gasteiger partial charge in [0.1, 0.15) is 0 Å². The van der Waals surface area contributed by atoms with Crippen LogP contribution in [-0.2, 0) is 7.05 Å². The third-order valence-corrected chi connectivity index (χ3v) is 3.50. The Morgan fingerprint density at radius 3 is 2.86 bits per heavy atom. The van der Waals surface area contributed by atoms with E-state index in [1.54, 1.807) is 10.9 Å². The Balaban J connectivity index is 2.15. The predicted molar refractivity (Wildman–Crippen MR) is 54.7 cm³/mol. The van der Waals surface area contributed by atoms with E-state index in [2.05, 4.69) is 12.0 Å². The highest BCUT2D eigenvalue weighted by Crippen LogP contribution is 2.39. The second-order valence-corrected chi connectivity index (χ2v) is 4.40. The molecule has 3 atom stereocenters. The van der Waals surface area contributed by atoms with Gasteiger partial charge in [-0.15, -0.1) is 0 Å². The van der Waals surface area contributed by atoms with Crippen molar-refractivity contribution in [2.75, 3.05) is 0 Å². The van der Waals surface area contributed by atoms with Crippen molar-refractivity contribution < 1.29 is 5.11 Å². The molecule has 3 nitrogen and oxygen atoms in total. The number of aliphatic hydroxyl groups is 1. The van der Waals surface area contributed by atoms with Crippen molar-refractivity contribution in [1.29, 1.82) is 0 Å². The molecule has 78 valence electrons. The quantitative estimate of drug-likeness (QED) is 0.780. The lowest BCUT2D eigenvalue weighted by Gasteiger charge is -2.22. The Bertz CT molecular complexity index is 308. The van der Waals surface area contributed by atoms with E-state index < -0.39 is 0 Å². The number of aromatic nitrogens is 2. The van der Waals surface area contributed by atoms with E-state index in [9.17, 15) is 5.11 Å². The van der Waals surface area contributed by atoms with Crippen molar-refractivity contribution in [3.05, 3.63) is 18.0 Å². The van der Waals surface area contributed by atoms with Gasteiger partial charge in [-0.05, 0) is 24.3 Å². The van der Waals surface area contributed by atoms with Gasteiger partial charge in [0.15, 0.2) is 0 Å². The third-order valence-electron chi connectivity index (χ3n) is 3.50. The molecule has 0 aromatic carbocycles. The summed E-state index contributed by atoms with van der Waals surface area (Å²) in [6, 6.07) is 1.91. The van der Waals surface area contributed by atoms with Crippen LogP contribution in [0.3, 0.4) is 0 Å². The Morgan fingerprint density at radius 2 is 2.36 bits per heavy atom. The van der Waals surface area contributed by atoms with Gasteiger partial charge in [-0.3, -0.25) is 4.68 Å². The van der Waals surface area contributed by atoms with E-state index in [4.69, 9.17) is 0 Å². The number of hydrogen-bond acceptors (Lipinski definition) is 2. The van der Waals surface area contributed by atoms with Gasteiger partial charge in [0.25, 0.3) is 0 Å². The van der Waals surface area contributed by atoms with Crippen LogP contribution in [0.5, 0.6) is 0 Å². The van der Waals surface area contributed by atoms with Crippen LogP contribution in [0.4, 0.5) is 0 Å². The molecule has 0 radical (unpaired) electrons. The Hall–Kier alpha value is -0.830. The van der Waals surface area contributed by atoms with E-state index in [-0.39, 0.29) is 6.10 Å². The van der Waals surface area contributed by atoms with Crippen LogP contribution in [-0.4, -0.2) is 14.9 Å². The molecule has 14 heavy (non-hydrogen) atoms. The SMILES string of the molecule is CC1CCCC1C(O)c1ccnn1C. The van der Waals surface area contributed by atoms with Gasteiger partial charge in [0, 0.05) is 13.2 Å². The molecule has 1 aliphatic carbocycles. The average molecular weight is 194 g/mol. The molecule has 1 saturated carbocycles. The molecule has 1 fully saturated rings. The predicted octanol–water partition coefficient (Wildman–Crippen LogP) is 1.89. The molecule has 0 aliphatic heterocycles. The monoisotopic (exact) mass is 194 g/mol. The standard InChI is InChI=1S/C11H18N2O/c1-8-4-3-5-9(8)11(14)10-6-7-12-13(10)2/h6-9,11,14H,3-5H2,1-2H3. The fraction of sp³-hybridized carbons (Fsp3) is 0.727. The molecule has 0 amide bonds. The van der Waals surface area contributed by atoms with E-state index in [0.717, 1.165) is 12.1 Å². The summed E-state index contributed by atoms with van der Waals surface area (Å²) in [5.74, 6) is 1.06. The molecule has 0 bridgehead atoms. The lowest BCUT2D eigenvalue weighted by molar-refractivity contribution is 0.0826. The van der Waals surface area contributed by atoms with Gasteiger partial charge in [-0.1, -0.05) is 19.8 Å². The molecular weight excluding hydrogens is 176 g/mol. The van der Waals surface area contributed by atoms with Crippen molar-refractivity contribution in [1.82, 2.24) is 9.78 Å². The maximum Gasteiger partial charge on any atom is 0.0987 e. The van der Waals surface area contributed by atoms with E-state index in [1.807, 2.05) is 13.1 Å². The number of aliphatic hydroxyl groups excluding tert-OH is 1. The van der Waals surface area contributed by atoms with Crippen LogP contribution in [0.2, 0.25) is 0 Å². The zero-order valence-corrected chi connectivity index (χ0v) is 8.85. The first-order valence-corrected chi connectivity index (χ1v) is 5.36. The van der Waals surface area contributed by atoms with Crippen molar-refractivity contribution in [2.45, 2.75) is 32.3 Å². The molecule has 3 unspecified atom stereocenters. The topological polar surface area (TPSA) is 38.1 Å². The van der Waals surface area contributed by atoms with Crippen molar-refractivity contribution >= 4 is 0 Å². The highest BCUT2D eigenvalue weighted by molar-refractivity contribution is 5.06. The van der Waals surface area contributed by atoms with Gasteiger partial charge < -0.3 is 5.11 Å². The van der Waals surface area contributed by atoms with Crippen LogP contribution in [0.15, 0.2) is 12.3 Å². The summed E-state index contributed by atoms with van der Waals surface area (Å²) in [7, 11) is 1.89. The first kappa shape index (κ1) is 9.71. The van der Waals surface area contributed by atoms with E-state index in [1.165, 1.54) is 12.8 Å². The molecule has 0 spiro atoms. The highest BCUT2D eigenvalue weighted by Gasteiger charge is 2.31. The summed E-state index contributed by atoms with van der Waals surface area (Å²) in [5, 5.41) is 14.3. The summed E-state index contributed by atoms with van der Waals surface area (Å²) in [6.45, 7) is 2.23. The largest absolute Gasteiger partial charge is 0.387 e. The summed E-state index contributed by atoms with van der Waals surface area (Å²) >= 11 is 0. The minimum Gasteiger partial charge on any atom is -0.387 e. The van der Waals surface area contributed by atoms with Crippen LogP contribution in [0, 0.1) is 11.8 Å². The lowest BCUT2D eigenvalue weighted by Crippen LogP contribution is -2.17. The summed E-state index contributed by atoms with van der Waals surface area (Å²) in [4.78, 5) is 0. The second-order valence-electron chi connectivity index (χ2n) is 4.40. The zero-order chi connectivity index (χ0) is 10.1. The molecule has 0 saturated heterocycles. The third kappa shape index (κ3) is 1.57. The van der Waals surface area contributed by atoms with Crippen molar-refractivity contribution in [2.24, 2.45) is 18.9 Å². The summed E-state index contributed by atoms with van der Waals surface area (Å²) < 4.78 is 1.77. The zero-order valence-electron chi connectivity index (χ0n) is 8.85. The second kappa shape index (κ2) is 3.73. The van der Waals surface area contributed by atoms with Crippen molar-refractivity contribution in [3.63, 3.8) is 0 Å². The average Bonchev–Trinajstić information content (AvgIpc) is 2.73. The molecule has 1 aliphatic rings. The molecule has 3 heteroatoms. The summed E-state index contributed by atoms with van der Waals surface area (Å²) in [6.07, 6.45) is 5.06. The fourth-order valence-corrected chi connectivity index (χ4v) is 2.54. The molecular formula is C11H18N2O. The Kier molecular flexibility index (Phi) is 2.59. The van der Waals surface area contributed by atoms with Gasteiger partial charge in [0.2, 0.25) is 0 Å². The minimum atomic E-state index is -0.333. The molecule has 1 aromatic heterocycles. The first-order chi connectivity index (χ1) is 6.70. The Labute approximate surface area is 84.7 Å². The van der Waals surface area contributed by atoms with Gasteiger partial charge in [0.05, 0.1) is 11.8 Å².